The van der Waals surface area contributed by atoms with Gasteiger partial charge in [-0.1, -0.05) is 40.0 Å². The van der Waals surface area contributed by atoms with Crippen molar-refractivity contribution >= 4 is 28.3 Å². The van der Waals surface area contributed by atoms with E-state index in [0.29, 0.717) is 24.0 Å². The van der Waals surface area contributed by atoms with Crippen molar-refractivity contribution < 1.29 is 9.59 Å². The van der Waals surface area contributed by atoms with Crippen LogP contribution in [0, 0.1) is 11.3 Å². The Morgan fingerprint density at radius 3 is 2.58 bits per heavy atom. The molecule has 1 aliphatic rings. The molecule has 1 aromatic heterocycles. The first-order valence-electron chi connectivity index (χ1n) is 8.80. The van der Waals surface area contributed by atoms with Crippen LogP contribution >= 0.6 is 11.3 Å². The van der Waals surface area contributed by atoms with E-state index in [9.17, 15) is 9.59 Å². The second kappa shape index (κ2) is 8.60. The van der Waals surface area contributed by atoms with Crippen LogP contribution in [0.4, 0.5) is 5.13 Å². The molecule has 1 saturated carbocycles. The summed E-state index contributed by atoms with van der Waals surface area (Å²) in [5, 5.41) is 5.19. The summed E-state index contributed by atoms with van der Waals surface area (Å²) in [6.07, 6.45) is 8.20. The van der Waals surface area contributed by atoms with Gasteiger partial charge in [0.1, 0.15) is 0 Å². The van der Waals surface area contributed by atoms with Gasteiger partial charge >= 0.3 is 0 Å². The number of nitrogens with zero attached hydrogens (tertiary/aromatic N) is 2. The molecule has 0 aliphatic heterocycles. The summed E-state index contributed by atoms with van der Waals surface area (Å²) in [6.45, 7) is 6.98. The predicted molar refractivity (Wildman–Crippen MR) is 98.0 cm³/mol. The molecule has 6 heteroatoms. The van der Waals surface area contributed by atoms with Crippen LogP contribution in [-0.4, -0.2) is 34.8 Å². The van der Waals surface area contributed by atoms with Gasteiger partial charge < -0.3 is 10.2 Å². The molecule has 0 bridgehead atoms. The van der Waals surface area contributed by atoms with Crippen LogP contribution in [0.2, 0.25) is 0 Å². The smallest absolute Gasteiger partial charge is 0.245 e. The van der Waals surface area contributed by atoms with Crippen LogP contribution in [0.1, 0.15) is 59.3 Å². The molecule has 134 valence electrons. The summed E-state index contributed by atoms with van der Waals surface area (Å²) in [5.41, 5.74) is -0.0757. The van der Waals surface area contributed by atoms with Gasteiger partial charge in [0.25, 0.3) is 0 Å². The minimum absolute atomic E-state index is 0.0716. The maximum atomic E-state index is 12.7. The van der Waals surface area contributed by atoms with E-state index < -0.39 is 0 Å². The maximum Gasteiger partial charge on any atom is 0.245 e. The van der Waals surface area contributed by atoms with Crippen LogP contribution in [-0.2, 0) is 9.59 Å². The Hall–Kier alpha value is -1.43. The number of anilines is 1. The molecule has 1 fully saturated rings. The largest absolute Gasteiger partial charge is 0.333 e. The van der Waals surface area contributed by atoms with E-state index >= 15 is 0 Å². The molecule has 0 spiro atoms. The first-order chi connectivity index (χ1) is 11.3. The Bertz CT molecular complexity index is 531. The third-order valence-electron chi connectivity index (χ3n) is 4.25. The fraction of sp³-hybridized carbons (Fsp3) is 0.722. The average molecular weight is 352 g/mol. The molecule has 1 heterocycles. The van der Waals surface area contributed by atoms with Crippen molar-refractivity contribution in [3.8, 4) is 0 Å². The van der Waals surface area contributed by atoms with Gasteiger partial charge in [0.15, 0.2) is 5.13 Å². The van der Waals surface area contributed by atoms with E-state index in [4.69, 9.17) is 0 Å². The molecule has 1 aliphatic carbocycles. The van der Waals surface area contributed by atoms with Crippen LogP contribution < -0.4 is 5.32 Å². The molecule has 2 rings (SSSR count). The number of aromatic nitrogens is 1. The standard InChI is InChI=1S/C18H29N3O2S/c1-18(2,3)11-16(23)21(12-14-7-5-4-6-8-14)13-15(22)20-17-19-9-10-24-17/h9-10,14H,4-8,11-13H2,1-3H3,(H,19,20,22). The quantitative estimate of drug-likeness (QED) is 0.845. The Kier molecular flexibility index (Phi) is 6.78. The zero-order chi connectivity index (χ0) is 17.6. The van der Waals surface area contributed by atoms with E-state index in [0.717, 1.165) is 12.8 Å². The lowest BCUT2D eigenvalue weighted by Crippen LogP contribution is -2.42. The summed E-state index contributed by atoms with van der Waals surface area (Å²) in [7, 11) is 0. The highest BCUT2D eigenvalue weighted by Gasteiger charge is 2.26. The number of thiazole rings is 1. The van der Waals surface area contributed by atoms with Gasteiger partial charge in [0.05, 0.1) is 6.54 Å². The normalized spacial score (nSPS) is 16.0. The van der Waals surface area contributed by atoms with Crippen molar-refractivity contribution in [1.29, 1.82) is 0 Å². The minimum Gasteiger partial charge on any atom is -0.333 e. The van der Waals surface area contributed by atoms with Gasteiger partial charge in [-0.3, -0.25) is 9.59 Å². The first-order valence-corrected chi connectivity index (χ1v) is 9.68. The number of nitrogens with one attached hydrogen (secondary N) is 1. The molecule has 24 heavy (non-hydrogen) atoms. The van der Waals surface area contributed by atoms with Gasteiger partial charge in [-0.2, -0.15) is 0 Å². The van der Waals surface area contributed by atoms with Gasteiger partial charge in [-0.05, 0) is 24.2 Å². The minimum atomic E-state index is -0.164. The Morgan fingerprint density at radius 2 is 2.00 bits per heavy atom. The number of carbonyl (C=O) groups is 2. The number of rotatable bonds is 6. The van der Waals surface area contributed by atoms with Crippen LogP contribution in [0.3, 0.4) is 0 Å². The average Bonchev–Trinajstić information content (AvgIpc) is 2.98. The molecule has 0 saturated heterocycles. The molecule has 5 nitrogen and oxygen atoms in total. The van der Waals surface area contributed by atoms with Crippen LogP contribution in [0.5, 0.6) is 0 Å². The van der Waals surface area contributed by atoms with E-state index in [1.165, 1.54) is 30.6 Å². The fourth-order valence-electron chi connectivity index (χ4n) is 3.12. The van der Waals surface area contributed by atoms with Crippen molar-refractivity contribution in [3.05, 3.63) is 11.6 Å². The first kappa shape index (κ1) is 18.9. The third-order valence-corrected chi connectivity index (χ3v) is 4.94. The highest BCUT2D eigenvalue weighted by atomic mass is 32.1. The van der Waals surface area contributed by atoms with Gasteiger partial charge in [0, 0.05) is 24.5 Å². The SMILES string of the molecule is CC(C)(C)CC(=O)N(CC(=O)Nc1nccs1)CC1CCCCC1. The molecular weight excluding hydrogens is 322 g/mol. The number of hydrogen-bond donors (Lipinski definition) is 1. The van der Waals surface area contributed by atoms with Gasteiger partial charge in [-0.25, -0.2) is 4.98 Å². The third kappa shape index (κ3) is 6.59. The molecule has 0 aromatic carbocycles. The molecular formula is C18H29N3O2S. The lowest BCUT2D eigenvalue weighted by molar-refractivity contribution is -0.137. The monoisotopic (exact) mass is 351 g/mol. The van der Waals surface area contributed by atoms with Gasteiger partial charge in [-0.15, -0.1) is 11.3 Å². The van der Waals surface area contributed by atoms with E-state index in [2.05, 4.69) is 31.1 Å². The second-order valence-corrected chi connectivity index (χ2v) is 8.80. The van der Waals surface area contributed by atoms with E-state index in [1.54, 1.807) is 11.1 Å². The number of carbonyl (C=O) groups excluding carboxylic acids is 2. The van der Waals surface area contributed by atoms with Crippen molar-refractivity contribution in [1.82, 2.24) is 9.88 Å². The van der Waals surface area contributed by atoms with E-state index in [1.807, 2.05) is 5.38 Å². The lowest BCUT2D eigenvalue weighted by atomic mass is 9.88. The second-order valence-electron chi connectivity index (χ2n) is 7.90. The van der Waals surface area contributed by atoms with Crippen LogP contribution in [0.25, 0.3) is 0 Å². The molecule has 0 radical (unpaired) electrons. The van der Waals surface area contributed by atoms with Gasteiger partial charge in [0.2, 0.25) is 11.8 Å². The summed E-state index contributed by atoms with van der Waals surface area (Å²) in [5.74, 6) is 0.431. The molecule has 0 atom stereocenters. The lowest BCUT2D eigenvalue weighted by Gasteiger charge is -2.31. The molecule has 1 N–H and O–H groups in total. The predicted octanol–water partition coefficient (Wildman–Crippen LogP) is 3.93. The van der Waals surface area contributed by atoms with Crippen LogP contribution in [0.15, 0.2) is 11.6 Å². The number of hydrogen-bond acceptors (Lipinski definition) is 4. The Labute approximate surface area is 148 Å². The fourth-order valence-corrected chi connectivity index (χ4v) is 3.66. The van der Waals surface area contributed by atoms with Crippen molar-refractivity contribution in [3.63, 3.8) is 0 Å². The molecule has 0 unspecified atom stereocenters. The van der Waals surface area contributed by atoms with Crippen molar-refractivity contribution in [2.24, 2.45) is 11.3 Å². The summed E-state index contributed by atoms with van der Waals surface area (Å²) < 4.78 is 0. The summed E-state index contributed by atoms with van der Waals surface area (Å²) >= 11 is 1.39. The van der Waals surface area contributed by atoms with E-state index in [-0.39, 0.29) is 23.8 Å². The zero-order valence-corrected chi connectivity index (χ0v) is 15.8. The topological polar surface area (TPSA) is 62.3 Å². The highest BCUT2D eigenvalue weighted by molar-refractivity contribution is 7.13. The number of amides is 2. The molecule has 2 amide bonds. The van der Waals surface area contributed by atoms with Crippen molar-refractivity contribution in [2.75, 3.05) is 18.4 Å². The van der Waals surface area contributed by atoms with Crippen molar-refractivity contribution in [2.45, 2.75) is 59.3 Å². The Morgan fingerprint density at radius 1 is 1.29 bits per heavy atom. The summed E-state index contributed by atoms with van der Waals surface area (Å²) in [4.78, 5) is 30.8. The summed E-state index contributed by atoms with van der Waals surface area (Å²) in [6, 6.07) is 0. The highest BCUT2D eigenvalue weighted by Crippen LogP contribution is 2.26. The molecule has 1 aromatic rings. The maximum absolute atomic E-state index is 12.7. The zero-order valence-electron chi connectivity index (χ0n) is 15.0. The Balaban J connectivity index is 1.97.